The molecule has 0 fully saturated rings. The van der Waals surface area contributed by atoms with Crippen molar-refractivity contribution in [3.05, 3.63) is 22.4 Å². The number of aliphatic carboxylic acids is 1. The van der Waals surface area contributed by atoms with Crippen molar-refractivity contribution < 1.29 is 14.7 Å². The molecule has 0 bridgehead atoms. The van der Waals surface area contributed by atoms with Crippen LogP contribution in [0.5, 0.6) is 0 Å². The van der Waals surface area contributed by atoms with Crippen LogP contribution in [0.15, 0.2) is 16.8 Å². The molecule has 1 aromatic heterocycles. The second kappa shape index (κ2) is 6.55. The average Bonchev–Trinajstić information content (AvgIpc) is 2.69. The van der Waals surface area contributed by atoms with Gasteiger partial charge in [0.15, 0.2) is 0 Å². The molecule has 0 aliphatic rings. The molecule has 0 saturated heterocycles. The second-order valence-electron chi connectivity index (χ2n) is 3.23. The van der Waals surface area contributed by atoms with Crippen LogP contribution in [0.4, 0.5) is 0 Å². The van der Waals surface area contributed by atoms with E-state index >= 15 is 0 Å². The Labute approximate surface area is 102 Å². The first kappa shape index (κ1) is 13.1. The molecule has 0 spiro atoms. The van der Waals surface area contributed by atoms with Crippen molar-refractivity contribution in [2.45, 2.75) is 13.0 Å². The summed E-state index contributed by atoms with van der Waals surface area (Å²) in [5.74, 6) is -0.894. The van der Waals surface area contributed by atoms with E-state index in [1.54, 1.807) is 11.3 Å². The van der Waals surface area contributed by atoms with E-state index in [0.29, 0.717) is 0 Å². The van der Waals surface area contributed by atoms with Crippen molar-refractivity contribution in [1.82, 2.24) is 5.32 Å². The van der Waals surface area contributed by atoms with Gasteiger partial charge in [0.1, 0.15) is 0 Å². The molecule has 88 valence electrons. The number of thiophene rings is 1. The molecule has 2 N–H and O–H groups in total. The van der Waals surface area contributed by atoms with Crippen LogP contribution in [0.25, 0.3) is 0 Å². The molecule has 1 aromatic rings. The molecule has 1 amide bonds. The van der Waals surface area contributed by atoms with Gasteiger partial charge in [0.2, 0.25) is 5.91 Å². The van der Waals surface area contributed by atoms with Crippen molar-refractivity contribution in [2.24, 2.45) is 0 Å². The maximum absolute atomic E-state index is 11.4. The van der Waals surface area contributed by atoms with Gasteiger partial charge in [0.25, 0.3) is 0 Å². The highest BCUT2D eigenvalue weighted by molar-refractivity contribution is 8.00. The number of carboxylic acid groups (broad SMARTS) is 1. The smallest absolute Gasteiger partial charge is 0.313 e. The molecule has 6 heteroatoms. The molecule has 1 atom stereocenters. The molecule has 0 saturated carbocycles. The lowest BCUT2D eigenvalue weighted by Gasteiger charge is -2.11. The highest BCUT2D eigenvalue weighted by atomic mass is 32.2. The lowest BCUT2D eigenvalue weighted by molar-refractivity contribution is -0.133. The number of nitrogens with one attached hydrogen (secondary N) is 1. The van der Waals surface area contributed by atoms with Gasteiger partial charge in [-0.15, -0.1) is 11.8 Å². The fourth-order valence-electron chi connectivity index (χ4n) is 1.12. The van der Waals surface area contributed by atoms with E-state index < -0.39 is 5.97 Å². The van der Waals surface area contributed by atoms with Crippen molar-refractivity contribution in [1.29, 1.82) is 0 Å². The largest absolute Gasteiger partial charge is 0.481 e. The second-order valence-corrected chi connectivity index (χ2v) is 5.00. The number of amides is 1. The quantitative estimate of drug-likeness (QED) is 0.816. The Bertz CT molecular complexity index is 351. The molecule has 16 heavy (non-hydrogen) atoms. The summed E-state index contributed by atoms with van der Waals surface area (Å²) < 4.78 is 0. The molecule has 4 nitrogen and oxygen atoms in total. The summed E-state index contributed by atoms with van der Waals surface area (Å²) >= 11 is 2.68. The predicted octanol–water partition coefficient (Wildman–Crippen LogP) is 1.74. The summed E-state index contributed by atoms with van der Waals surface area (Å²) in [6, 6.07) is 1.93. The van der Waals surface area contributed by atoms with Crippen LogP contribution >= 0.6 is 23.1 Å². The number of carbonyl (C=O) groups is 2. The SMILES string of the molecule is CC(NC(=O)CSCC(=O)O)c1ccsc1. The lowest BCUT2D eigenvalue weighted by atomic mass is 10.2. The maximum atomic E-state index is 11.4. The van der Waals surface area contributed by atoms with Crippen molar-refractivity contribution >= 4 is 35.0 Å². The third-order valence-corrected chi connectivity index (χ3v) is 3.50. The Hall–Kier alpha value is -1.01. The summed E-state index contributed by atoms with van der Waals surface area (Å²) in [6.07, 6.45) is 0. The zero-order valence-corrected chi connectivity index (χ0v) is 10.4. The number of hydrogen-bond acceptors (Lipinski definition) is 4. The normalized spacial score (nSPS) is 12.1. The molecule has 0 aromatic carbocycles. The highest BCUT2D eigenvalue weighted by Gasteiger charge is 2.10. The molecule has 1 heterocycles. The van der Waals surface area contributed by atoms with E-state index in [9.17, 15) is 9.59 Å². The van der Waals surface area contributed by atoms with E-state index in [2.05, 4.69) is 5.32 Å². The third kappa shape index (κ3) is 4.67. The van der Waals surface area contributed by atoms with Gasteiger partial charge in [-0.05, 0) is 29.3 Å². The summed E-state index contributed by atoms with van der Waals surface area (Å²) in [6.45, 7) is 1.90. The molecule has 0 aliphatic carbocycles. The Morgan fingerprint density at radius 1 is 1.56 bits per heavy atom. The van der Waals surface area contributed by atoms with E-state index in [1.165, 1.54) is 0 Å². The minimum Gasteiger partial charge on any atom is -0.481 e. The molecule has 0 aliphatic heterocycles. The predicted molar refractivity (Wildman–Crippen MR) is 65.8 cm³/mol. The van der Waals surface area contributed by atoms with Gasteiger partial charge in [-0.3, -0.25) is 9.59 Å². The molecular formula is C10H13NO3S2. The zero-order valence-electron chi connectivity index (χ0n) is 8.80. The van der Waals surface area contributed by atoms with Crippen molar-refractivity contribution in [2.75, 3.05) is 11.5 Å². The standard InChI is InChI=1S/C10H13NO3S2/c1-7(8-2-3-15-4-8)11-9(12)5-16-6-10(13)14/h2-4,7H,5-6H2,1H3,(H,11,12)(H,13,14). The Balaban J connectivity index is 2.26. The Morgan fingerprint density at radius 3 is 2.88 bits per heavy atom. The third-order valence-electron chi connectivity index (χ3n) is 1.88. The van der Waals surface area contributed by atoms with Gasteiger partial charge in [0.05, 0.1) is 17.5 Å². The average molecular weight is 259 g/mol. The van der Waals surface area contributed by atoms with Crippen LogP contribution < -0.4 is 5.32 Å². The summed E-state index contributed by atoms with van der Waals surface area (Å²) in [5, 5.41) is 15.2. The van der Waals surface area contributed by atoms with Crippen molar-refractivity contribution in [3.63, 3.8) is 0 Å². The maximum Gasteiger partial charge on any atom is 0.313 e. The first-order valence-corrected chi connectivity index (χ1v) is 6.80. The zero-order chi connectivity index (χ0) is 12.0. The minimum atomic E-state index is -0.899. The van der Waals surface area contributed by atoms with Crippen LogP contribution in [0.3, 0.4) is 0 Å². The van der Waals surface area contributed by atoms with Gasteiger partial charge >= 0.3 is 5.97 Å². The van der Waals surface area contributed by atoms with Crippen LogP contribution in [0, 0.1) is 0 Å². The number of hydrogen-bond donors (Lipinski definition) is 2. The fourth-order valence-corrected chi connectivity index (χ4v) is 2.42. The van der Waals surface area contributed by atoms with Gasteiger partial charge in [-0.1, -0.05) is 0 Å². The van der Waals surface area contributed by atoms with E-state index in [-0.39, 0.29) is 23.5 Å². The highest BCUT2D eigenvalue weighted by Crippen LogP contribution is 2.15. The van der Waals surface area contributed by atoms with Crippen LogP contribution in [0.1, 0.15) is 18.5 Å². The lowest BCUT2D eigenvalue weighted by Crippen LogP contribution is -2.28. The molecule has 1 rings (SSSR count). The van der Waals surface area contributed by atoms with Crippen LogP contribution in [-0.2, 0) is 9.59 Å². The summed E-state index contributed by atoms with van der Waals surface area (Å²) in [4.78, 5) is 21.6. The minimum absolute atomic E-state index is 0.0239. The number of thioether (sulfide) groups is 1. The van der Waals surface area contributed by atoms with Crippen molar-refractivity contribution in [3.8, 4) is 0 Å². The monoisotopic (exact) mass is 259 g/mol. The van der Waals surface area contributed by atoms with E-state index in [0.717, 1.165) is 17.3 Å². The summed E-state index contributed by atoms with van der Waals surface area (Å²) in [7, 11) is 0. The molecular weight excluding hydrogens is 246 g/mol. The topological polar surface area (TPSA) is 66.4 Å². The molecule has 0 radical (unpaired) electrons. The number of rotatable bonds is 6. The van der Waals surface area contributed by atoms with Gasteiger partial charge in [0, 0.05) is 0 Å². The first-order valence-electron chi connectivity index (χ1n) is 4.70. The number of carboxylic acids is 1. The van der Waals surface area contributed by atoms with Gasteiger partial charge < -0.3 is 10.4 Å². The van der Waals surface area contributed by atoms with E-state index in [4.69, 9.17) is 5.11 Å². The molecule has 1 unspecified atom stereocenters. The fraction of sp³-hybridized carbons (Fsp3) is 0.400. The Kier molecular flexibility index (Phi) is 5.34. The van der Waals surface area contributed by atoms with E-state index in [1.807, 2.05) is 23.8 Å². The first-order chi connectivity index (χ1) is 7.59. The van der Waals surface area contributed by atoms with Gasteiger partial charge in [-0.2, -0.15) is 11.3 Å². The Morgan fingerprint density at radius 2 is 2.31 bits per heavy atom. The number of carbonyl (C=O) groups excluding carboxylic acids is 1. The van der Waals surface area contributed by atoms with Crippen LogP contribution in [0.2, 0.25) is 0 Å². The summed E-state index contributed by atoms with van der Waals surface area (Å²) in [5.41, 5.74) is 1.07. The van der Waals surface area contributed by atoms with Gasteiger partial charge in [-0.25, -0.2) is 0 Å². The van der Waals surface area contributed by atoms with Crippen LogP contribution in [-0.4, -0.2) is 28.5 Å².